The molecule has 0 spiro atoms. The molecule has 0 aliphatic heterocycles. The highest BCUT2D eigenvalue weighted by molar-refractivity contribution is 5.79. The van der Waals surface area contributed by atoms with Gasteiger partial charge in [0.05, 0.1) is 0 Å². The molecule has 1 heteroatoms. The van der Waals surface area contributed by atoms with E-state index in [1.165, 1.54) is 11.1 Å². The maximum atomic E-state index is 11.2. The Morgan fingerprint density at radius 1 is 1.06 bits per heavy atom. The molecule has 0 bridgehead atoms. The molecule has 0 saturated heterocycles. The van der Waals surface area contributed by atoms with Crippen molar-refractivity contribution < 1.29 is 4.79 Å². The zero-order valence-corrected chi connectivity index (χ0v) is 11.8. The SMILES string of the molecule is CC(C)(C)c1ccc(CC2CCC(=O)CC2)cc1. The molecular weight excluding hydrogens is 220 g/mol. The lowest BCUT2D eigenvalue weighted by Crippen LogP contribution is -2.16. The number of ketones is 1. The number of carbonyl (C=O) groups excluding carboxylic acids is 1. The summed E-state index contributed by atoms with van der Waals surface area (Å²) in [6.07, 6.45) is 4.90. The third-order valence-corrected chi connectivity index (χ3v) is 4.01. The Labute approximate surface area is 111 Å². The zero-order chi connectivity index (χ0) is 13.2. The zero-order valence-electron chi connectivity index (χ0n) is 11.8. The highest BCUT2D eigenvalue weighted by Crippen LogP contribution is 2.27. The van der Waals surface area contributed by atoms with Crippen molar-refractivity contribution in [3.8, 4) is 0 Å². The van der Waals surface area contributed by atoms with Gasteiger partial charge in [-0.05, 0) is 41.7 Å². The Balaban J connectivity index is 1.96. The van der Waals surface area contributed by atoms with Crippen LogP contribution in [0.4, 0.5) is 0 Å². The highest BCUT2D eigenvalue weighted by atomic mass is 16.1. The highest BCUT2D eigenvalue weighted by Gasteiger charge is 2.19. The fourth-order valence-corrected chi connectivity index (χ4v) is 2.68. The summed E-state index contributed by atoms with van der Waals surface area (Å²) in [6, 6.07) is 9.03. The number of Topliss-reactive ketones (excluding diaryl/α,β-unsaturated/α-hetero) is 1. The van der Waals surface area contributed by atoms with E-state index in [4.69, 9.17) is 0 Å². The van der Waals surface area contributed by atoms with Crippen molar-refractivity contribution >= 4 is 5.78 Å². The minimum atomic E-state index is 0.232. The first-order chi connectivity index (χ1) is 8.45. The topological polar surface area (TPSA) is 17.1 Å². The van der Waals surface area contributed by atoms with Gasteiger partial charge in [0.1, 0.15) is 5.78 Å². The van der Waals surface area contributed by atoms with Gasteiger partial charge >= 0.3 is 0 Å². The minimum Gasteiger partial charge on any atom is -0.300 e. The van der Waals surface area contributed by atoms with Crippen LogP contribution in [0.3, 0.4) is 0 Å². The van der Waals surface area contributed by atoms with E-state index in [1.54, 1.807) is 0 Å². The predicted molar refractivity (Wildman–Crippen MR) is 75.8 cm³/mol. The molecule has 18 heavy (non-hydrogen) atoms. The van der Waals surface area contributed by atoms with Gasteiger partial charge in [0.15, 0.2) is 0 Å². The van der Waals surface area contributed by atoms with Gasteiger partial charge in [0, 0.05) is 12.8 Å². The first-order valence-electron chi connectivity index (χ1n) is 7.06. The van der Waals surface area contributed by atoms with E-state index in [2.05, 4.69) is 45.0 Å². The van der Waals surface area contributed by atoms with Gasteiger partial charge in [-0.3, -0.25) is 4.79 Å². The van der Waals surface area contributed by atoms with Crippen molar-refractivity contribution in [2.75, 3.05) is 0 Å². The van der Waals surface area contributed by atoms with E-state index >= 15 is 0 Å². The van der Waals surface area contributed by atoms with Crippen LogP contribution in [0.5, 0.6) is 0 Å². The molecule has 0 radical (unpaired) electrons. The van der Waals surface area contributed by atoms with E-state index in [-0.39, 0.29) is 5.41 Å². The summed E-state index contributed by atoms with van der Waals surface area (Å²) in [4.78, 5) is 11.2. The summed E-state index contributed by atoms with van der Waals surface area (Å²) in [5.41, 5.74) is 3.04. The Bertz CT molecular complexity index is 398. The van der Waals surface area contributed by atoms with E-state index in [1.807, 2.05) is 0 Å². The molecule has 0 heterocycles. The van der Waals surface area contributed by atoms with Crippen LogP contribution in [0, 0.1) is 5.92 Å². The summed E-state index contributed by atoms with van der Waals surface area (Å²) >= 11 is 0. The number of hydrogen-bond acceptors (Lipinski definition) is 1. The molecule has 1 aromatic rings. The standard InChI is InChI=1S/C17H24O/c1-17(2,3)15-8-4-13(5-9-15)12-14-6-10-16(18)11-7-14/h4-5,8-9,14H,6-7,10-12H2,1-3H3. The Hall–Kier alpha value is -1.11. The van der Waals surface area contributed by atoms with Crippen LogP contribution in [0.15, 0.2) is 24.3 Å². The predicted octanol–water partition coefficient (Wildman–Crippen LogP) is 4.29. The van der Waals surface area contributed by atoms with Gasteiger partial charge in [0.2, 0.25) is 0 Å². The van der Waals surface area contributed by atoms with Crippen LogP contribution < -0.4 is 0 Å². The van der Waals surface area contributed by atoms with Crippen LogP contribution in [0.2, 0.25) is 0 Å². The van der Waals surface area contributed by atoms with E-state index in [9.17, 15) is 4.79 Å². The Kier molecular flexibility index (Phi) is 3.89. The van der Waals surface area contributed by atoms with Gasteiger partial charge in [-0.25, -0.2) is 0 Å². The van der Waals surface area contributed by atoms with Gasteiger partial charge < -0.3 is 0 Å². The van der Waals surface area contributed by atoms with Crippen LogP contribution in [-0.4, -0.2) is 5.78 Å². The second-order valence-corrected chi connectivity index (χ2v) is 6.63. The van der Waals surface area contributed by atoms with Gasteiger partial charge in [-0.1, -0.05) is 45.0 Å². The molecule has 0 unspecified atom stereocenters. The van der Waals surface area contributed by atoms with E-state index in [0.29, 0.717) is 11.7 Å². The van der Waals surface area contributed by atoms with Crippen molar-refractivity contribution in [2.24, 2.45) is 5.92 Å². The number of carbonyl (C=O) groups is 1. The summed E-state index contributed by atoms with van der Waals surface area (Å²) in [5, 5.41) is 0. The quantitative estimate of drug-likeness (QED) is 0.758. The first kappa shape index (κ1) is 13.3. The molecule has 0 aromatic heterocycles. The molecule has 1 fully saturated rings. The summed E-state index contributed by atoms with van der Waals surface area (Å²) in [6.45, 7) is 6.73. The van der Waals surface area contributed by atoms with Crippen LogP contribution in [0.25, 0.3) is 0 Å². The largest absolute Gasteiger partial charge is 0.300 e. The summed E-state index contributed by atoms with van der Waals surface area (Å²) < 4.78 is 0. The molecule has 1 aliphatic rings. The van der Waals surface area contributed by atoms with Crippen molar-refractivity contribution in [1.82, 2.24) is 0 Å². The van der Waals surface area contributed by atoms with Crippen molar-refractivity contribution in [3.05, 3.63) is 35.4 Å². The molecular formula is C17H24O. The van der Waals surface area contributed by atoms with Crippen molar-refractivity contribution in [3.63, 3.8) is 0 Å². The fraction of sp³-hybridized carbons (Fsp3) is 0.588. The average molecular weight is 244 g/mol. The van der Waals surface area contributed by atoms with Gasteiger partial charge in [0.25, 0.3) is 0 Å². The third kappa shape index (κ3) is 3.44. The molecule has 1 aliphatic carbocycles. The molecule has 2 rings (SSSR count). The lowest BCUT2D eigenvalue weighted by atomic mass is 9.83. The average Bonchev–Trinajstić information content (AvgIpc) is 2.32. The number of benzene rings is 1. The molecule has 1 nitrogen and oxygen atoms in total. The smallest absolute Gasteiger partial charge is 0.132 e. The van der Waals surface area contributed by atoms with Gasteiger partial charge in [-0.15, -0.1) is 0 Å². The molecule has 0 amide bonds. The van der Waals surface area contributed by atoms with E-state index < -0.39 is 0 Å². The maximum Gasteiger partial charge on any atom is 0.132 e. The Morgan fingerprint density at radius 2 is 1.61 bits per heavy atom. The minimum absolute atomic E-state index is 0.232. The maximum absolute atomic E-state index is 11.2. The summed E-state index contributed by atoms with van der Waals surface area (Å²) in [5.74, 6) is 1.16. The molecule has 0 atom stereocenters. The molecule has 98 valence electrons. The second-order valence-electron chi connectivity index (χ2n) is 6.63. The summed E-state index contributed by atoms with van der Waals surface area (Å²) in [7, 11) is 0. The second kappa shape index (κ2) is 5.26. The normalized spacial score (nSPS) is 18.1. The third-order valence-electron chi connectivity index (χ3n) is 4.01. The van der Waals surface area contributed by atoms with E-state index in [0.717, 1.165) is 32.1 Å². The molecule has 1 aromatic carbocycles. The van der Waals surface area contributed by atoms with Crippen LogP contribution >= 0.6 is 0 Å². The Morgan fingerprint density at radius 3 is 2.11 bits per heavy atom. The molecule has 0 N–H and O–H groups in total. The number of hydrogen-bond donors (Lipinski definition) is 0. The molecule has 1 saturated carbocycles. The monoisotopic (exact) mass is 244 g/mol. The lowest BCUT2D eigenvalue weighted by molar-refractivity contribution is -0.121. The van der Waals surface area contributed by atoms with Crippen molar-refractivity contribution in [2.45, 2.75) is 58.3 Å². The number of rotatable bonds is 2. The first-order valence-corrected chi connectivity index (χ1v) is 7.06. The lowest BCUT2D eigenvalue weighted by Gasteiger charge is -2.22. The van der Waals surface area contributed by atoms with Crippen LogP contribution in [-0.2, 0) is 16.6 Å². The fourth-order valence-electron chi connectivity index (χ4n) is 2.68. The van der Waals surface area contributed by atoms with Gasteiger partial charge in [-0.2, -0.15) is 0 Å². The van der Waals surface area contributed by atoms with Crippen LogP contribution in [0.1, 0.15) is 57.6 Å². The van der Waals surface area contributed by atoms with Crippen molar-refractivity contribution in [1.29, 1.82) is 0 Å².